The molecule has 0 spiro atoms. The van der Waals surface area contributed by atoms with Crippen LogP contribution < -0.4 is 10.6 Å². The van der Waals surface area contributed by atoms with E-state index >= 15 is 0 Å². The van der Waals surface area contributed by atoms with Crippen molar-refractivity contribution in [3.8, 4) is 0 Å². The third kappa shape index (κ3) is 4.69. The van der Waals surface area contributed by atoms with Crippen molar-refractivity contribution >= 4 is 23.2 Å². The molecule has 0 amide bonds. The van der Waals surface area contributed by atoms with E-state index in [-0.39, 0.29) is 0 Å². The largest absolute Gasteiger partial charge is 0.370 e. The zero-order valence-electron chi connectivity index (χ0n) is 15.5. The van der Waals surface area contributed by atoms with Crippen molar-refractivity contribution in [3.05, 3.63) is 46.7 Å². The number of aromatic nitrogens is 2. The minimum absolute atomic E-state index is 0.647. The first-order valence-corrected chi connectivity index (χ1v) is 9.47. The van der Waals surface area contributed by atoms with Crippen LogP contribution in [-0.2, 0) is 6.54 Å². The molecule has 1 aromatic heterocycles. The lowest BCUT2D eigenvalue weighted by atomic mass is 10.2. The van der Waals surface area contributed by atoms with E-state index in [9.17, 15) is 0 Å². The number of nitrogens with zero attached hydrogens (tertiary/aromatic N) is 5. The van der Waals surface area contributed by atoms with Crippen LogP contribution in [0.2, 0.25) is 5.02 Å². The van der Waals surface area contributed by atoms with Gasteiger partial charge in [0.2, 0.25) is 0 Å². The highest BCUT2D eigenvalue weighted by Crippen LogP contribution is 2.19. The van der Waals surface area contributed by atoms with Crippen LogP contribution in [0.3, 0.4) is 0 Å². The predicted octanol–water partition coefficient (Wildman–Crippen LogP) is 2.68. The SMILES string of the molecule is Cc1cc(C)n(CCCN=C(N)N2CCN(c3ccc(Cl)cc3)CC2)n1. The Morgan fingerprint density at radius 1 is 1.15 bits per heavy atom. The third-order valence-electron chi connectivity index (χ3n) is 4.70. The number of guanidine groups is 1. The van der Waals surface area contributed by atoms with Crippen LogP contribution in [0, 0.1) is 13.8 Å². The van der Waals surface area contributed by atoms with Gasteiger partial charge in [-0.15, -0.1) is 0 Å². The van der Waals surface area contributed by atoms with Crippen LogP contribution in [-0.4, -0.2) is 53.4 Å². The van der Waals surface area contributed by atoms with Crippen LogP contribution in [0.5, 0.6) is 0 Å². The fourth-order valence-electron chi connectivity index (χ4n) is 3.26. The Morgan fingerprint density at radius 2 is 1.85 bits per heavy atom. The van der Waals surface area contributed by atoms with E-state index in [1.54, 1.807) is 0 Å². The van der Waals surface area contributed by atoms with Crippen molar-refractivity contribution in [1.29, 1.82) is 0 Å². The molecule has 0 unspecified atom stereocenters. The summed E-state index contributed by atoms with van der Waals surface area (Å²) in [5, 5.41) is 5.24. The maximum Gasteiger partial charge on any atom is 0.191 e. The summed E-state index contributed by atoms with van der Waals surface area (Å²) in [6, 6.07) is 10.1. The molecule has 0 aliphatic carbocycles. The number of aliphatic imine (C=N–C) groups is 1. The number of rotatable bonds is 5. The summed E-state index contributed by atoms with van der Waals surface area (Å²) in [6.45, 7) is 9.33. The number of benzene rings is 1. The van der Waals surface area contributed by atoms with Gasteiger partial charge in [-0.1, -0.05) is 11.6 Å². The molecule has 2 N–H and O–H groups in total. The molecule has 0 atom stereocenters. The molecule has 1 saturated heterocycles. The maximum atomic E-state index is 6.18. The van der Waals surface area contributed by atoms with Gasteiger partial charge in [-0.3, -0.25) is 9.67 Å². The first kappa shape index (κ1) is 18.6. The van der Waals surface area contributed by atoms with E-state index in [1.807, 2.05) is 23.7 Å². The Balaban J connectivity index is 1.44. The molecule has 7 heteroatoms. The molecule has 26 heavy (non-hydrogen) atoms. The first-order valence-electron chi connectivity index (χ1n) is 9.09. The lowest BCUT2D eigenvalue weighted by Crippen LogP contribution is -2.51. The van der Waals surface area contributed by atoms with E-state index in [0.717, 1.165) is 56.4 Å². The van der Waals surface area contributed by atoms with Crippen molar-refractivity contribution < 1.29 is 0 Å². The van der Waals surface area contributed by atoms with Gasteiger partial charge in [0.05, 0.1) is 5.69 Å². The average molecular weight is 375 g/mol. The Kier molecular flexibility index (Phi) is 6.04. The zero-order chi connectivity index (χ0) is 18.5. The fourth-order valence-corrected chi connectivity index (χ4v) is 3.39. The van der Waals surface area contributed by atoms with Crippen molar-refractivity contribution in [2.45, 2.75) is 26.8 Å². The molecule has 3 rings (SSSR count). The molecule has 0 saturated carbocycles. The van der Waals surface area contributed by atoms with Crippen molar-refractivity contribution in [3.63, 3.8) is 0 Å². The highest BCUT2D eigenvalue weighted by molar-refractivity contribution is 6.30. The number of nitrogens with two attached hydrogens (primary N) is 1. The van der Waals surface area contributed by atoms with E-state index < -0.39 is 0 Å². The van der Waals surface area contributed by atoms with Gasteiger partial charge in [-0.25, -0.2) is 0 Å². The maximum absolute atomic E-state index is 6.18. The Bertz CT molecular complexity index is 744. The first-order chi connectivity index (χ1) is 12.5. The Labute approximate surface area is 160 Å². The summed E-state index contributed by atoms with van der Waals surface area (Å²) in [5.74, 6) is 0.647. The van der Waals surface area contributed by atoms with Gasteiger partial charge in [0.15, 0.2) is 5.96 Å². The molecule has 1 fully saturated rings. The summed E-state index contributed by atoms with van der Waals surface area (Å²) in [6.07, 6.45) is 0.938. The number of hydrogen-bond acceptors (Lipinski definition) is 3. The molecule has 1 aromatic carbocycles. The molecule has 1 aliphatic heterocycles. The Hall–Kier alpha value is -2.21. The average Bonchev–Trinajstić information content (AvgIpc) is 2.96. The molecule has 0 radical (unpaired) electrons. The highest BCUT2D eigenvalue weighted by Gasteiger charge is 2.18. The second-order valence-corrected chi connectivity index (χ2v) is 7.13. The van der Waals surface area contributed by atoms with Gasteiger partial charge in [0.1, 0.15) is 0 Å². The van der Waals surface area contributed by atoms with Crippen LogP contribution in [0.4, 0.5) is 5.69 Å². The van der Waals surface area contributed by atoms with Gasteiger partial charge in [0.25, 0.3) is 0 Å². The molecular weight excluding hydrogens is 348 g/mol. The van der Waals surface area contributed by atoms with Gasteiger partial charge in [-0.2, -0.15) is 5.10 Å². The number of anilines is 1. The zero-order valence-corrected chi connectivity index (χ0v) is 16.3. The summed E-state index contributed by atoms with van der Waals surface area (Å²) in [7, 11) is 0. The summed E-state index contributed by atoms with van der Waals surface area (Å²) in [4.78, 5) is 9.06. The third-order valence-corrected chi connectivity index (χ3v) is 4.95. The molecular formula is C19H27ClN6. The van der Waals surface area contributed by atoms with E-state index in [0.29, 0.717) is 5.96 Å². The standard InChI is InChI=1S/C19H27ClN6/c1-15-14-16(2)26(23-15)9-3-8-22-19(21)25-12-10-24(11-13-25)18-6-4-17(20)5-7-18/h4-7,14H,3,8-13H2,1-2H3,(H2,21,22). The smallest absolute Gasteiger partial charge is 0.191 e. The fraction of sp³-hybridized carbons (Fsp3) is 0.474. The van der Waals surface area contributed by atoms with Gasteiger partial charge in [0, 0.05) is 55.7 Å². The topological polar surface area (TPSA) is 62.7 Å². The number of piperazine rings is 1. The van der Waals surface area contributed by atoms with E-state index in [4.69, 9.17) is 17.3 Å². The van der Waals surface area contributed by atoms with E-state index in [1.165, 1.54) is 11.4 Å². The van der Waals surface area contributed by atoms with Crippen LogP contribution in [0.1, 0.15) is 17.8 Å². The number of halogens is 1. The van der Waals surface area contributed by atoms with Gasteiger partial charge < -0.3 is 15.5 Å². The highest BCUT2D eigenvalue weighted by atomic mass is 35.5. The number of hydrogen-bond donors (Lipinski definition) is 1. The summed E-state index contributed by atoms with van der Waals surface area (Å²) < 4.78 is 2.03. The minimum Gasteiger partial charge on any atom is -0.370 e. The van der Waals surface area contributed by atoms with Crippen LogP contribution in [0.15, 0.2) is 35.3 Å². The molecule has 6 nitrogen and oxygen atoms in total. The van der Waals surface area contributed by atoms with Crippen LogP contribution >= 0.6 is 11.6 Å². The lowest BCUT2D eigenvalue weighted by Gasteiger charge is -2.36. The normalized spacial score (nSPS) is 15.6. The van der Waals surface area contributed by atoms with Gasteiger partial charge >= 0.3 is 0 Å². The summed E-state index contributed by atoms with van der Waals surface area (Å²) >= 11 is 5.96. The quantitative estimate of drug-likeness (QED) is 0.496. The van der Waals surface area contributed by atoms with Gasteiger partial charge in [-0.05, 0) is 50.6 Å². The summed E-state index contributed by atoms with van der Waals surface area (Å²) in [5.41, 5.74) is 9.64. The predicted molar refractivity (Wildman–Crippen MR) is 108 cm³/mol. The lowest BCUT2D eigenvalue weighted by molar-refractivity contribution is 0.380. The second-order valence-electron chi connectivity index (χ2n) is 6.69. The van der Waals surface area contributed by atoms with E-state index in [2.05, 4.69) is 45.0 Å². The Morgan fingerprint density at radius 3 is 2.46 bits per heavy atom. The second kappa shape index (κ2) is 8.45. The minimum atomic E-state index is 0.647. The van der Waals surface area contributed by atoms with Crippen molar-refractivity contribution in [1.82, 2.24) is 14.7 Å². The molecule has 140 valence electrons. The van der Waals surface area contributed by atoms with Crippen molar-refractivity contribution in [2.24, 2.45) is 10.7 Å². The molecule has 2 heterocycles. The molecule has 1 aliphatic rings. The molecule has 2 aromatic rings. The van der Waals surface area contributed by atoms with Crippen LogP contribution in [0.25, 0.3) is 0 Å². The molecule has 0 bridgehead atoms. The number of aryl methyl sites for hydroxylation is 3. The van der Waals surface area contributed by atoms with Crippen molar-refractivity contribution in [2.75, 3.05) is 37.6 Å². The monoisotopic (exact) mass is 374 g/mol.